The van der Waals surface area contributed by atoms with Crippen LogP contribution in [-0.2, 0) is 10.0 Å². The fourth-order valence-electron chi connectivity index (χ4n) is 1.74. The van der Waals surface area contributed by atoms with Gasteiger partial charge in [-0.1, -0.05) is 24.6 Å². The largest absolute Gasteiger partial charge is 0.387 e. The van der Waals surface area contributed by atoms with Gasteiger partial charge in [-0.2, -0.15) is 0 Å². The number of hydrogen-bond donors (Lipinski definition) is 2. The van der Waals surface area contributed by atoms with Gasteiger partial charge >= 0.3 is 0 Å². The first kappa shape index (κ1) is 16.2. The van der Waals surface area contributed by atoms with Gasteiger partial charge in [0.15, 0.2) is 5.13 Å². The van der Waals surface area contributed by atoms with Crippen molar-refractivity contribution in [3.63, 3.8) is 0 Å². The molecule has 0 saturated carbocycles. The fraction of sp³-hybridized carbons (Fsp3) is 0.308. The minimum Gasteiger partial charge on any atom is -0.387 e. The van der Waals surface area contributed by atoms with E-state index in [9.17, 15) is 13.5 Å². The van der Waals surface area contributed by atoms with Crippen LogP contribution in [0.5, 0.6) is 0 Å². The molecule has 0 saturated heterocycles. The van der Waals surface area contributed by atoms with Crippen molar-refractivity contribution in [3.8, 4) is 0 Å². The Labute approximate surface area is 132 Å². The minimum atomic E-state index is -3.75. The second-order valence-corrected chi connectivity index (χ2v) is 7.39. The van der Waals surface area contributed by atoms with Crippen LogP contribution in [0.1, 0.15) is 30.7 Å². The molecule has 2 rings (SSSR count). The van der Waals surface area contributed by atoms with Crippen molar-refractivity contribution in [2.24, 2.45) is 0 Å². The SMILES string of the molecule is CCC(O)c1csc(NS(=O)(=O)c2cccc(Cl)c2C)n1. The van der Waals surface area contributed by atoms with Crippen LogP contribution >= 0.6 is 22.9 Å². The van der Waals surface area contributed by atoms with Crippen LogP contribution < -0.4 is 4.72 Å². The highest BCUT2D eigenvalue weighted by Gasteiger charge is 2.20. The van der Waals surface area contributed by atoms with E-state index < -0.39 is 16.1 Å². The fourth-order valence-corrected chi connectivity index (χ4v) is 4.25. The van der Waals surface area contributed by atoms with Gasteiger partial charge in [0.25, 0.3) is 10.0 Å². The molecule has 114 valence electrons. The van der Waals surface area contributed by atoms with E-state index in [1.165, 1.54) is 6.07 Å². The third-order valence-electron chi connectivity index (χ3n) is 2.98. The molecular weight excluding hydrogens is 332 g/mol. The zero-order valence-corrected chi connectivity index (χ0v) is 13.9. The maximum atomic E-state index is 12.4. The number of rotatable bonds is 5. The maximum Gasteiger partial charge on any atom is 0.263 e. The monoisotopic (exact) mass is 346 g/mol. The second kappa shape index (κ2) is 6.31. The van der Waals surface area contributed by atoms with E-state index in [1.807, 2.05) is 6.92 Å². The average molecular weight is 347 g/mol. The van der Waals surface area contributed by atoms with Crippen LogP contribution in [0.25, 0.3) is 0 Å². The molecule has 0 aliphatic heterocycles. The molecule has 2 N–H and O–H groups in total. The lowest BCUT2D eigenvalue weighted by Gasteiger charge is -2.09. The quantitative estimate of drug-likeness (QED) is 0.870. The van der Waals surface area contributed by atoms with Crippen LogP contribution in [0.2, 0.25) is 5.02 Å². The van der Waals surface area contributed by atoms with Gasteiger partial charge in [-0.05, 0) is 31.0 Å². The number of thiazole rings is 1. The summed E-state index contributed by atoms with van der Waals surface area (Å²) in [5, 5.41) is 11.9. The van der Waals surface area contributed by atoms with Crippen LogP contribution in [0.4, 0.5) is 5.13 Å². The van der Waals surface area contributed by atoms with Gasteiger partial charge < -0.3 is 5.11 Å². The first-order valence-electron chi connectivity index (χ1n) is 6.26. The molecule has 0 bridgehead atoms. The first-order chi connectivity index (χ1) is 9.85. The Morgan fingerprint density at radius 3 is 2.86 bits per heavy atom. The highest BCUT2D eigenvalue weighted by atomic mass is 35.5. The van der Waals surface area contributed by atoms with Crippen LogP contribution in [0, 0.1) is 6.92 Å². The standard InChI is InChI=1S/C13H15ClN2O3S2/c1-3-11(17)10-7-20-13(15-10)16-21(18,19)12-6-4-5-9(14)8(12)2/h4-7,11,17H,3H2,1-2H3,(H,15,16). The number of aliphatic hydroxyl groups excluding tert-OH is 1. The summed E-state index contributed by atoms with van der Waals surface area (Å²) >= 11 is 7.08. The summed E-state index contributed by atoms with van der Waals surface area (Å²) in [6.07, 6.45) is -0.170. The van der Waals surface area contributed by atoms with Gasteiger partial charge in [0.05, 0.1) is 16.7 Å². The Bertz CT molecular complexity index is 744. The van der Waals surface area contributed by atoms with Crippen LogP contribution in [-0.4, -0.2) is 18.5 Å². The Morgan fingerprint density at radius 1 is 1.48 bits per heavy atom. The van der Waals surface area contributed by atoms with Crippen molar-refractivity contribution in [1.82, 2.24) is 4.98 Å². The van der Waals surface area contributed by atoms with Crippen LogP contribution in [0.15, 0.2) is 28.5 Å². The molecule has 2 aromatic rings. The summed E-state index contributed by atoms with van der Waals surface area (Å²) in [6.45, 7) is 3.47. The van der Waals surface area contributed by atoms with E-state index in [-0.39, 0.29) is 10.0 Å². The van der Waals surface area contributed by atoms with E-state index >= 15 is 0 Å². The normalized spacial score (nSPS) is 13.1. The number of nitrogens with one attached hydrogen (secondary N) is 1. The molecule has 0 fully saturated rings. The summed E-state index contributed by atoms with van der Waals surface area (Å²) in [5.41, 5.74) is 0.944. The average Bonchev–Trinajstić information content (AvgIpc) is 2.88. The van der Waals surface area contributed by atoms with E-state index in [0.29, 0.717) is 22.7 Å². The molecular formula is C13H15ClN2O3S2. The molecule has 1 heterocycles. The third-order valence-corrected chi connectivity index (χ3v) is 5.78. The molecule has 0 amide bonds. The Morgan fingerprint density at radius 2 is 2.19 bits per heavy atom. The topological polar surface area (TPSA) is 79.3 Å². The van der Waals surface area contributed by atoms with Crippen molar-refractivity contribution in [3.05, 3.63) is 39.9 Å². The predicted octanol–water partition coefficient (Wildman–Crippen LogP) is 3.35. The highest BCUT2D eigenvalue weighted by Crippen LogP contribution is 2.27. The van der Waals surface area contributed by atoms with Gasteiger partial charge in [0.2, 0.25) is 0 Å². The lowest BCUT2D eigenvalue weighted by atomic mass is 10.2. The summed E-state index contributed by atoms with van der Waals surface area (Å²) in [6, 6.07) is 4.70. The second-order valence-electron chi connectivity index (χ2n) is 4.47. The molecule has 21 heavy (non-hydrogen) atoms. The number of benzene rings is 1. The maximum absolute atomic E-state index is 12.4. The minimum absolute atomic E-state index is 0.114. The van der Waals surface area contributed by atoms with E-state index in [4.69, 9.17) is 11.6 Å². The van der Waals surface area contributed by atoms with Crippen molar-refractivity contribution in [1.29, 1.82) is 0 Å². The Balaban J connectivity index is 2.29. The van der Waals surface area contributed by atoms with Crippen molar-refractivity contribution < 1.29 is 13.5 Å². The molecule has 5 nitrogen and oxygen atoms in total. The highest BCUT2D eigenvalue weighted by molar-refractivity contribution is 7.93. The smallest absolute Gasteiger partial charge is 0.263 e. The zero-order chi connectivity index (χ0) is 15.6. The van der Waals surface area contributed by atoms with Crippen molar-refractivity contribution >= 4 is 38.1 Å². The molecule has 0 spiro atoms. The molecule has 0 aliphatic rings. The van der Waals surface area contributed by atoms with Gasteiger partial charge in [0.1, 0.15) is 0 Å². The van der Waals surface area contributed by atoms with E-state index in [0.717, 1.165) is 11.3 Å². The number of hydrogen-bond acceptors (Lipinski definition) is 5. The van der Waals surface area contributed by atoms with Gasteiger partial charge in [-0.25, -0.2) is 13.4 Å². The first-order valence-corrected chi connectivity index (χ1v) is 9.00. The number of aromatic nitrogens is 1. The molecule has 1 aromatic heterocycles. The molecule has 0 radical (unpaired) electrons. The number of nitrogens with zero attached hydrogens (tertiary/aromatic N) is 1. The summed E-state index contributed by atoms with van der Waals surface area (Å²) < 4.78 is 27.1. The van der Waals surface area contributed by atoms with E-state index in [2.05, 4.69) is 9.71 Å². The van der Waals surface area contributed by atoms with Gasteiger partial charge in [-0.15, -0.1) is 11.3 Å². The van der Waals surface area contributed by atoms with Crippen molar-refractivity contribution in [2.45, 2.75) is 31.3 Å². The molecule has 8 heteroatoms. The third kappa shape index (κ3) is 3.55. The molecule has 1 atom stereocenters. The van der Waals surface area contributed by atoms with E-state index in [1.54, 1.807) is 24.4 Å². The van der Waals surface area contributed by atoms with Crippen LogP contribution in [0.3, 0.4) is 0 Å². The number of sulfonamides is 1. The lowest BCUT2D eigenvalue weighted by Crippen LogP contribution is -2.14. The summed E-state index contributed by atoms with van der Waals surface area (Å²) in [7, 11) is -3.75. The number of halogens is 1. The van der Waals surface area contributed by atoms with Gasteiger partial charge in [-0.3, -0.25) is 4.72 Å². The van der Waals surface area contributed by atoms with Gasteiger partial charge in [0, 0.05) is 10.4 Å². The Hall–Kier alpha value is -1.15. The zero-order valence-electron chi connectivity index (χ0n) is 11.5. The number of aliphatic hydroxyl groups is 1. The molecule has 0 aliphatic carbocycles. The summed E-state index contributed by atoms with van der Waals surface area (Å²) in [4.78, 5) is 4.20. The summed E-state index contributed by atoms with van der Waals surface area (Å²) in [5.74, 6) is 0. The lowest BCUT2D eigenvalue weighted by molar-refractivity contribution is 0.169. The molecule has 1 aromatic carbocycles. The van der Waals surface area contributed by atoms with Crippen molar-refractivity contribution in [2.75, 3.05) is 4.72 Å². The molecule has 1 unspecified atom stereocenters. The predicted molar refractivity (Wildman–Crippen MR) is 84.4 cm³/mol. The number of anilines is 1. The Kier molecular flexibility index (Phi) is 4.88.